The van der Waals surface area contributed by atoms with Crippen LogP contribution < -0.4 is 15.0 Å². The van der Waals surface area contributed by atoms with Gasteiger partial charge in [-0.3, -0.25) is 14.4 Å². The van der Waals surface area contributed by atoms with E-state index in [4.69, 9.17) is 14.3 Å². The lowest BCUT2D eigenvalue weighted by Gasteiger charge is -2.05. The Bertz CT molecular complexity index is 698. The second-order valence-electron chi connectivity index (χ2n) is 5.16. The first-order valence-electron chi connectivity index (χ1n) is 7.85. The summed E-state index contributed by atoms with van der Waals surface area (Å²) in [6, 6.07) is 6.85. The zero-order valence-corrected chi connectivity index (χ0v) is 14.0. The minimum Gasteiger partial charge on any atom is -0.493 e. The number of fused-ring (bicyclic) bond motifs is 1. The molecule has 6 heteroatoms. The van der Waals surface area contributed by atoms with Gasteiger partial charge in [0.1, 0.15) is 11.5 Å². The summed E-state index contributed by atoms with van der Waals surface area (Å²) in [6.45, 7) is 6.95. The third kappa shape index (κ3) is 3.65. The molecule has 2 aliphatic rings. The van der Waals surface area contributed by atoms with Gasteiger partial charge in [-0.15, -0.1) is 0 Å². The number of rotatable bonds is 8. The molecule has 2 aliphatic carbocycles. The quantitative estimate of drug-likeness (QED) is 0.594. The second-order valence-corrected chi connectivity index (χ2v) is 5.16. The smallest absolute Gasteiger partial charge is 0.298 e. The molecule has 6 nitrogen and oxygen atoms in total. The lowest BCUT2D eigenvalue weighted by molar-refractivity contribution is -0.120. The molecule has 0 aromatic carbocycles. The molecule has 1 amide bonds. The van der Waals surface area contributed by atoms with Crippen molar-refractivity contribution in [1.29, 1.82) is 0 Å². The molecule has 0 saturated carbocycles. The second kappa shape index (κ2) is 8.31. The zero-order valence-electron chi connectivity index (χ0n) is 14.0. The number of hydrogen-bond acceptors (Lipinski definition) is 5. The van der Waals surface area contributed by atoms with Crippen LogP contribution in [0.25, 0.3) is 11.1 Å². The van der Waals surface area contributed by atoms with E-state index in [-0.39, 0.29) is 5.91 Å². The van der Waals surface area contributed by atoms with Crippen molar-refractivity contribution < 1.29 is 23.9 Å². The van der Waals surface area contributed by atoms with Gasteiger partial charge in [-0.25, -0.2) is 5.48 Å². The normalized spacial score (nSPS) is 10.5. The number of carbonyl (C=O) groups is 2. The molecule has 0 radical (unpaired) electrons. The third-order valence-electron chi connectivity index (χ3n) is 3.51. The summed E-state index contributed by atoms with van der Waals surface area (Å²) in [6.07, 6.45) is 0.858. The van der Waals surface area contributed by atoms with Crippen molar-refractivity contribution >= 4 is 12.4 Å². The Kier molecular flexibility index (Phi) is 6.14. The number of amides is 1. The molecular formula is C18H21NO5. The minimum atomic E-state index is -0.347. The Morgan fingerprint density at radius 3 is 2.38 bits per heavy atom. The summed E-state index contributed by atoms with van der Waals surface area (Å²) in [5.41, 5.74) is 5.03. The van der Waals surface area contributed by atoms with Gasteiger partial charge in [0.25, 0.3) is 12.4 Å². The van der Waals surface area contributed by atoms with Crippen LogP contribution in [0.5, 0.6) is 11.5 Å². The van der Waals surface area contributed by atoms with Gasteiger partial charge in [-0.05, 0) is 44.5 Å². The number of hydroxylamine groups is 1. The summed E-state index contributed by atoms with van der Waals surface area (Å²) >= 11 is 0. The summed E-state index contributed by atoms with van der Waals surface area (Å²) < 4.78 is 10.9. The van der Waals surface area contributed by atoms with Crippen molar-refractivity contribution in [3.05, 3.63) is 35.4 Å². The maximum atomic E-state index is 12.0. The van der Waals surface area contributed by atoms with E-state index in [1.165, 1.54) is 0 Å². The van der Waals surface area contributed by atoms with Crippen molar-refractivity contribution in [2.24, 2.45) is 0 Å². The van der Waals surface area contributed by atoms with Crippen molar-refractivity contribution in [2.75, 3.05) is 13.2 Å². The molecule has 0 heterocycles. The van der Waals surface area contributed by atoms with Gasteiger partial charge in [-0.2, -0.15) is 0 Å². The third-order valence-corrected chi connectivity index (χ3v) is 3.51. The van der Waals surface area contributed by atoms with Gasteiger partial charge in [0.05, 0.1) is 13.2 Å². The van der Waals surface area contributed by atoms with E-state index in [1.807, 2.05) is 13.8 Å². The first-order chi connectivity index (χ1) is 11.6. The van der Waals surface area contributed by atoms with Crippen LogP contribution in [0, 0.1) is 6.92 Å². The lowest BCUT2D eigenvalue weighted by Crippen LogP contribution is -2.23. The molecule has 0 aliphatic heterocycles. The fraction of sp³-hybridized carbons (Fsp3) is 0.333. The highest BCUT2D eigenvalue weighted by Crippen LogP contribution is 2.47. The Balaban J connectivity index is 2.49. The molecule has 0 unspecified atom stereocenters. The maximum Gasteiger partial charge on any atom is 0.298 e. The average Bonchev–Trinajstić information content (AvgIpc) is 2.73. The summed E-state index contributed by atoms with van der Waals surface area (Å²) in [7, 11) is 0. The fourth-order valence-corrected chi connectivity index (χ4v) is 2.42. The molecule has 0 spiro atoms. The largest absolute Gasteiger partial charge is 0.493 e. The number of nitrogens with one attached hydrogen (secondary N) is 1. The molecule has 24 heavy (non-hydrogen) atoms. The van der Waals surface area contributed by atoms with Gasteiger partial charge in [0.2, 0.25) is 0 Å². The van der Waals surface area contributed by atoms with Gasteiger partial charge in [0, 0.05) is 22.3 Å². The molecule has 2 rings (SSSR count). The van der Waals surface area contributed by atoms with Crippen molar-refractivity contribution in [3.8, 4) is 22.6 Å². The molecule has 0 aromatic heterocycles. The van der Waals surface area contributed by atoms with Crippen LogP contribution in [0.2, 0.25) is 0 Å². The van der Waals surface area contributed by atoms with E-state index in [0.29, 0.717) is 42.3 Å². The predicted octanol–water partition coefficient (Wildman–Crippen LogP) is 3.11. The molecule has 0 saturated heterocycles. The van der Waals surface area contributed by atoms with Gasteiger partial charge >= 0.3 is 0 Å². The average molecular weight is 331 g/mol. The van der Waals surface area contributed by atoms with E-state index in [2.05, 4.69) is 5.48 Å². The van der Waals surface area contributed by atoms with Crippen LogP contribution >= 0.6 is 0 Å². The van der Waals surface area contributed by atoms with Crippen molar-refractivity contribution in [2.45, 2.75) is 27.2 Å². The van der Waals surface area contributed by atoms with Crippen LogP contribution in [-0.4, -0.2) is 25.6 Å². The van der Waals surface area contributed by atoms with Crippen LogP contribution in [0.1, 0.15) is 36.2 Å². The van der Waals surface area contributed by atoms with E-state index in [9.17, 15) is 9.59 Å². The van der Waals surface area contributed by atoms with Crippen molar-refractivity contribution in [1.82, 2.24) is 5.48 Å². The Labute approximate surface area is 141 Å². The zero-order chi connectivity index (χ0) is 17.5. The van der Waals surface area contributed by atoms with E-state index in [1.54, 1.807) is 31.2 Å². The molecule has 0 bridgehead atoms. The number of carbonyl (C=O) groups excluding carboxylic acids is 2. The Hall–Kier alpha value is -2.60. The van der Waals surface area contributed by atoms with E-state index in [0.717, 1.165) is 17.5 Å². The highest BCUT2D eigenvalue weighted by Gasteiger charge is 2.23. The first kappa shape index (κ1) is 17.7. The molecule has 0 aromatic rings. The van der Waals surface area contributed by atoms with Crippen LogP contribution in [0.15, 0.2) is 24.3 Å². The Morgan fingerprint density at radius 1 is 1.12 bits per heavy atom. The van der Waals surface area contributed by atoms with E-state index >= 15 is 0 Å². The Morgan fingerprint density at radius 2 is 1.79 bits per heavy atom. The van der Waals surface area contributed by atoms with Gasteiger partial charge in [-0.1, -0.05) is 6.92 Å². The van der Waals surface area contributed by atoms with Gasteiger partial charge in [0.15, 0.2) is 0 Å². The van der Waals surface area contributed by atoms with Crippen LogP contribution in [0.3, 0.4) is 0 Å². The highest BCUT2D eigenvalue weighted by molar-refractivity contribution is 5.95. The van der Waals surface area contributed by atoms with Gasteiger partial charge < -0.3 is 9.47 Å². The SMILES string of the molecule is CCCOc1c2ccc(C(=O)NOCC)ccc-2c(OC=O)c1C. The van der Waals surface area contributed by atoms with Crippen LogP contribution in [0.4, 0.5) is 0 Å². The molecule has 0 fully saturated rings. The summed E-state index contributed by atoms with van der Waals surface area (Å²) in [5, 5.41) is 0. The first-order valence-corrected chi connectivity index (χ1v) is 7.85. The monoisotopic (exact) mass is 331 g/mol. The molecule has 0 atom stereocenters. The topological polar surface area (TPSA) is 73.9 Å². The van der Waals surface area contributed by atoms with Crippen LogP contribution in [-0.2, 0) is 9.63 Å². The molecule has 128 valence electrons. The summed E-state index contributed by atoms with van der Waals surface area (Å²) in [4.78, 5) is 27.8. The number of ether oxygens (including phenoxy) is 2. The van der Waals surface area contributed by atoms with Crippen molar-refractivity contribution in [3.63, 3.8) is 0 Å². The lowest BCUT2D eigenvalue weighted by atomic mass is 10.2. The molecule has 1 N–H and O–H groups in total. The molecular weight excluding hydrogens is 310 g/mol. The summed E-state index contributed by atoms with van der Waals surface area (Å²) in [5.74, 6) is 0.759. The minimum absolute atomic E-state index is 0.347. The number of hydrogen-bond donors (Lipinski definition) is 1. The standard InChI is InChI=1S/C18H21NO5/c1-4-10-22-16-12(3)17(23-11-20)15-9-7-13(6-8-14(15)16)18(21)19-24-5-2/h6-9,11H,4-5,10H2,1-3H3,(H,19,21). The predicted molar refractivity (Wildman–Crippen MR) is 89.4 cm³/mol. The van der Waals surface area contributed by atoms with E-state index < -0.39 is 0 Å². The fourth-order valence-electron chi connectivity index (χ4n) is 2.42. The maximum absolute atomic E-state index is 12.0. The highest BCUT2D eigenvalue weighted by atomic mass is 16.6.